The van der Waals surface area contributed by atoms with Crippen molar-refractivity contribution in [1.29, 1.82) is 0 Å². The Morgan fingerprint density at radius 1 is 1.10 bits per heavy atom. The van der Waals surface area contributed by atoms with E-state index in [0.717, 1.165) is 15.6 Å². The first-order chi connectivity index (χ1) is 14.8. The third kappa shape index (κ3) is 5.50. The molecule has 11 heteroatoms. The normalized spacial score (nSPS) is 11.2. The Bertz CT molecular complexity index is 1120. The number of amides is 1. The zero-order chi connectivity index (χ0) is 22.4. The lowest BCUT2D eigenvalue weighted by molar-refractivity contribution is -0.114. The molecular formula is C20H18F2N2O5S2. The number of ether oxygens (including phenoxy) is 2. The Labute approximate surface area is 181 Å². The number of rotatable bonds is 9. The molecule has 31 heavy (non-hydrogen) atoms. The lowest BCUT2D eigenvalue weighted by Crippen LogP contribution is -2.38. The number of carbonyl (C=O) groups excluding carboxylic acids is 1. The molecule has 0 atom stereocenters. The van der Waals surface area contributed by atoms with Crippen LogP contribution in [0.2, 0.25) is 0 Å². The summed E-state index contributed by atoms with van der Waals surface area (Å²) in [7, 11) is -2.64. The number of methoxy groups -OCH3 is 1. The number of sulfonamides is 1. The highest BCUT2D eigenvalue weighted by Gasteiger charge is 2.30. The van der Waals surface area contributed by atoms with Crippen LogP contribution >= 0.6 is 11.3 Å². The van der Waals surface area contributed by atoms with Crippen molar-refractivity contribution >= 4 is 38.6 Å². The van der Waals surface area contributed by atoms with Crippen molar-refractivity contribution in [3.05, 3.63) is 66.0 Å². The van der Waals surface area contributed by atoms with Crippen LogP contribution in [0.25, 0.3) is 0 Å². The summed E-state index contributed by atoms with van der Waals surface area (Å²) in [6.45, 7) is -3.49. The zero-order valence-electron chi connectivity index (χ0n) is 16.2. The predicted molar refractivity (Wildman–Crippen MR) is 114 cm³/mol. The van der Waals surface area contributed by atoms with E-state index >= 15 is 0 Å². The number of hydrogen-bond acceptors (Lipinski definition) is 6. The summed E-state index contributed by atoms with van der Waals surface area (Å²) in [5.74, 6) is -0.415. The molecule has 0 aliphatic heterocycles. The minimum Gasteiger partial charge on any atom is -0.495 e. The van der Waals surface area contributed by atoms with Gasteiger partial charge in [0.05, 0.1) is 12.8 Å². The van der Waals surface area contributed by atoms with Gasteiger partial charge in [-0.05, 0) is 47.8 Å². The molecule has 1 heterocycles. The summed E-state index contributed by atoms with van der Waals surface area (Å²) in [6, 6.07) is 14.8. The predicted octanol–water partition coefficient (Wildman–Crippen LogP) is 4.19. The van der Waals surface area contributed by atoms with Crippen molar-refractivity contribution in [1.82, 2.24) is 0 Å². The minimum absolute atomic E-state index is 0.0658. The van der Waals surface area contributed by atoms with Gasteiger partial charge in [0.2, 0.25) is 5.91 Å². The Hall–Kier alpha value is -3.18. The highest BCUT2D eigenvalue weighted by Crippen LogP contribution is 2.33. The highest BCUT2D eigenvalue weighted by atomic mass is 32.2. The number of carbonyl (C=O) groups is 1. The average molecular weight is 469 g/mol. The van der Waals surface area contributed by atoms with Crippen LogP contribution in [-0.2, 0) is 14.8 Å². The largest absolute Gasteiger partial charge is 0.495 e. The van der Waals surface area contributed by atoms with Gasteiger partial charge in [0.25, 0.3) is 10.0 Å². The second kappa shape index (κ2) is 9.75. The van der Waals surface area contributed by atoms with Crippen molar-refractivity contribution in [2.45, 2.75) is 10.8 Å². The molecule has 0 unspecified atom stereocenters. The molecule has 1 N–H and O–H groups in total. The highest BCUT2D eigenvalue weighted by molar-refractivity contribution is 7.94. The number of benzene rings is 2. The van der Waals surface area contributed by atoms with Gasteiger partial charge >= 0.3 is 6.61 Å². The average Bonchev–Trinajstić information content (AvgIpc) is 3.29. The van der Waals surface area contributed by atoms with Crippen molar-refractivity contribution in [2.75, 3.05) is 23.3 Å². The van der Waals surface area contributed by atoms with Crippen LogP contribution in [0, 0.1) is 0 Å². The third-order valence-electron chi connectivity index (χ3n) is 4.04. The summed E-state index contributed by atoms with van der Waals surface area (Å²) in [5.41, 5.74) is 0.495. The van der Waals surface area contributed by atoms with Crippen LogP contribution < -0.4 is 19.1 Å². The maximum absolute atomic E-state index is 13.2. The van der Waals surface area contributed by atoms with Gasteiger partial charge in [-0.2, -0.15) is 8.78 Å². The van der Waals surface area contributed by atoms with Crippen molar-refractivity contribution in [2.24, 2.45) is 0 Å². The fourth-order valence-electron chi connectivity index (χ4n) is 2.70. The summed E-state index contributed by atoms with van der Waals surface area (Å²) >= 11 is 1.03. The molecule has 1 amide bonds. The number of nitrogens with zero attached hydrogens (tertiary/aromatic N) is 1. The maximum Gasteiger partial charge on any atom is 0.387 e. The Balaban J connectivity index is 1.86. The molecule has 0 aliphatic rings. The van der Waals surface area contributed by atoms with Gasteiger partial charge < -0.3 is 14.8 Å². The quantitative estimate of drug-likeness (QED) is 0.509. The van der Waals surface area contributed by atoms with E-state index in [1.807, 2.05) is 0 Å². The van der Waals surface area contributed by atoms with Gasteiger partial charge in [-0.3, -0.25) is 9.10 Å². The number of thiophene rings is 1. The molecule has 1 aromatic heterocycles. The SMILES string of the molecule is COc1ccccc1N(CC(=O)Nc1ccc(OC(F)F)cc1)S(=O)(=O)c1cccs1. The smallest absolute Gasteiger partial charge is 0.387 e. The molecule has 0 bridgehead atoms. The van der Waals surface area contributed by atoms with E-state index in [0.29, 0.717) is 5.69 Å². The van der Waals surface area contributed by atoms with Gasteiger partial charge in [-0.15, -0.1) is 11.3 Å². The first-order valence-corrected chi connectivity index (χ1v) is 11.2. The first kappa shape index (κ1) is 22.5. The molecule has 164 valence electrons. The van der Waals surface area contributed by atoms with E-state index < -0.39 is 29.1 Å². The van der Waals surface area contributed by atoms with Gasteiger partial charge in [-0.25, -0.2) is 8.42 Å². The summed E-state index contributed by atoms with van der Waals surface area (Å²) in [5, 5.41) is 4.17. The van der Waals surface area contributed by atoms with E-state index in [-0.39, 0.29) is 21.4 Å². The second-order valence-electron chi connectivity index (χ2n) is 6.07. The van der Waals surface area contributed by atoms with Gasteiger partial charge in [0.15, 0.2) is 0 Å². The zero-order valence-corrected chi connectivity index (χ0v) is 17.8. The molecule has 0 spiro atoms. The van der Waals surface area contributed by atoms with Crippen LogP contribution in [0.3, 0.4) is 0 Å². The first-order valence-electron chi connectivity index (χ1n) is 8.85. The molecule has 0 saturated heterocycles. The molecule has 7 nitrogen and oxygen atoms in total. The minimum atomic E-state index is -4.04. The lowest BCUT2D eigenvalue weighted by Gasteiger charge is -2.25. The lowest BCUT2D eigenvalue weighted by atomic mass is 10.3. The Kier molecular flexibility index (Phi) is 7.08. The summed E-state index contributed by atoms with van der Waals surface area (Å²) < 4.78 is 61.5. The standard InChI is InChI=1S/C20H18F2N2O5S2/c1-28-17-6-3-2-5-16(17)24(31(26,27)19-7-4-12-30-19)13-18(25)23-14-8-10-15(11-9-14)29-20(21)22/h2-12,20H,13H2,1H3,(H,23,25). The second-order valence-corrected chi connectivity index (χ2v) is 9.10. The van der Waals surface area contributed by atoms with Gasteiger partial charge in [0.1, 0.15) is 22.3 Å². The number of alkyl halides is 2. The van der Waals surface area contributed by atoms with E-state index in [1.54, 1.807) is 29.6 Å². The van der Waals surface area contributed by atoms with Crippen molar-refractivity contribution in [3.8, 4) is 11.5 Å². The Morgan fingerprint density at radius 3 is 2.42 bits per heavy atom. The van der Waals surface area contributed by atoms with E-state index in [9.17, 15) is 22.0 Å². The van der Waals surface area contributed by atoms with Crippen LogP contribution in [0.1, 0.15) is 0 Å². The number of anilines is 2. The van der Waals surface area contributed by atoms with Gasteiger partial charge in [0, 0.05) is 5.69 Å². The molecule has 0 radical (unpaired) electrons. The maximum atomic E-state index is 13.2. The van der Waals surface area contributed by atoms with E-state index in [2.05, 4.69) is 10.1 Å². The third-order valence-corrected chi connectivity index (χ3v) is 7.18. The molecule has 0 saturated carbocycles. The van der Waals surface area contributed by atoms with Crippen molar-refractivity contribution in [3.63, 3.8) is 0 Å². The summed E-state index contributed by atoms with van der Waals surface area (Å²) in [6.07, 6.45) is 0. The van der Waals surface area contributed by atoms with Crippen LogP contribution in [0.5, 0.6) is 11.5 Å². The molecule has 3 rings (SSSR count). The summed E-state index contributed by atoms with van der Waals surface area (Å²) in [4.78, 5) is 12.7. The molecule has 2 aromatic carbocycles. The van der Waals surface area contributed by atoms with Crippen LogP contribution in [-0.4, -0.2) is 34.6 Å². The molecular weight excluding hydrogens is 450 g/mol. The van der Waals surface area contributed by atoms with Gasteiger partial charge in [-0.1, -0.05) is 18.2 Å². The number of nitrogens with one attached hydrogen (secondary N) is 1. The molecule has 3 aromatic rings. The number of para-hydroxylation sites is 2. The topological polar surface area (TPSA) is 84.9 Å². The molecule has 0 fully saturated rings. The van der Waals surface area contributed by atoms with Crippen molar-refractivity contribution < 1.29 is 31.5 Å². The number of hydrogen-bond donors (Lipinski definition) is 1. The van der Waals surface area contributed by atoms with Crippen LogP contribution in [0.4, 0.5) is 20.2 Å². The van der Waals surface area contributed by atoms with E-state index in [4.69, 9.17) is 4.74 Å². The van der Waals surface area contributed by atoms with E-state index in [1.165, 1.54) is 43.5 Å². The molecule has 0 aliphatic carbocycles. The Morgan fingerprint density at radius 2 is 1.81 bits per heavy atom. The number of halogens is 2. The van der Waals surface area contributed by atoms with Crippen LogP contribution in [0.15, 0.2) is 70.3 Å². The monoisotopic (exact) mass is 468 g/mol. The fourth-order valence-corrected chi connectivity index (χ4v) is 5.24. The fraction of sp³-hybridized carbons (Fsp3) is 0.150.